The summed E-state index contributed by atoms with van der Waals surface area (Å²) in [7, 11) is 0. The van der Waals surface area contributed by atoms with Gasteiger partial charge in [-0.05, 0) is 52.7 Å². The lowest BCUT2D eigenvalue weighted by molar-refractivity contribution is 0.0951. The monoisotopic (exact) mass is 305 g/mol. The number of pyridine rings is 2. The predicted molar refractivity (Wildman–Crippen MR) is 72.1 cm³/mol. The van der Waals surface area contributed by atoms with Gasteiger partial charge in [-0.3, -0.25) is 9.78 Å². The molecule has 0 aliphatic carbocycles. The Morgan fingerprint density at radius 3 is 2.72 bits per heavy atom. The number of carbonyl (C=O) groups is 1. The Bertz CT molecular complexity index is 537. The summed E-state index contributed by atoms with van der Waals surface area (Å²) in [4.78, 5) is 19.9. The number of hydrogen-bond donors (Lipinski definition) is 1. The first kappa shape index (κ1) is 12.7. The van der Waals surface area contributed by atoms with Crippen LogP contribution in [0.1, 0.15) is 21.6 Å². The van der Waals surface area contributed by atoms with Gasteiger partial charge in [0.2, 0.25) is 0 Å². The van der Waals surface area contributed by atoms with Gasteiger partial charge in [0.1, 0.15) is 4.60 Å². The molecule has 5 heteroatoms. The summed E-state index contributed by atoms with van der Waals surface area (Å²) in [5, 5.41) is 2.85. The van der Waals surface area contributed by atoms with Crippen LogP contribution in [0, 0.1) is 6.92 Å². The quantitative estimate of drug-likeness (QED) is 0.886. The second-order valence-electron chi connectivity index (χ2n) is 3.86. The molecule has 92 valence electrons. The van der Waals surface area contributed by atoms with Crippen LogP contribution in [-0.2, 0) is 6.54 Å². The number of nitrogens with zero attached hydrogens (tertiary/aromatic N) is 2. The van der Waals surface area contributed by atoms with E-state index >= 15 is 0 Å². The maximum Gasteiger partial charge on any atom is 0.251 e. The van der Waals surface area contributed by atoms with Crippen molar-refractivity contribution in [3.8, 4) is 0 Å². The minimum Gasteiger partial charge on any atom is -0.348 e. The van der Waals surface area contributed by atoms with Gasteiger partial charge >= 0.3 is 0 Å². The first-order valence-corrected chi connectivity index (χ1v) is 6.26. The van der Waals surface area contributed by atoms with E-state index in [2.05, 4.69) is 31.2 Å². The maximum atomic E-state index is 11.8. The van der Waals surface area contributed by atoms with Crippen LogP contribution in [0.2, 0.25) is 0 Å². The van der Waals surface area contributed by atoms with Gasteiger partial charge in [0.05, 0.1) is 0 Å². The van der Waals surface area contributed by atoms with Crippen LogP contribution in [0.25, 0.3) is 0 Å². The predicted octanol–water partition coefficient (Wildman–Crippen LogP) is 2.48. The Balaban J connectivity index is 2.02. The molecular formula is C13H12BrN3O. The molecule has 0 aliphatic heterocycles. The largest absolute Gasteiger partial charge is 0.348 e. The fourth-order valence-electron chi connectivity index (χ4n) is 1.59. The molecule has 2 rings (SSSR count). The molecule has 2 aromatic heterocycles. The van der Waals surface area contributed by atoms with E-state index in [1.54, 1.807) is 24.5 Å². The number of aryl methyl sites for hydroxylation is 1. The fourth-order valence-corrected chi connectivity index (χ4v) is 2.16. The normalized spacial score (nSPS) is 10.1. The number of halogens is 1. The van der Waals surface area contributed by atoms with E-state index in [-0.39, 0.29) is 5.91 Å². The third-order valence-electron chi connectivity index (χ3n) is 2.38. The third kappa shape index (κ3) is 3.37. The minimum absolute atomic E-state index is 0.108. The lowest BCUT2D eigenvalue weighted by Gasteiger charge is -2.06. The number of nitrogens with one attached hydrogen (secondary N) is 1. The van der Waals surface area contributed by atoms with E-state index in [9.17, 15) is 4.79 Å². The molecular weight excluding hydrogens is 294 g/mol. The summed E-state index contributed by atoms with van der Waals surface area (Å²) in [6, 6.07) is 7.20. The molecule has 0 spiro atoms. The highest BCUT2D eigenvalue weighted by Gasteiger charge is 2.05. The molecule has 18 heavy (non-hydrogen) atoms. The van der Waals surface area contributed by atoms with Gasteiger partial charge in [0, 0.05) is 30.2 Å². The molecule has 0 unspecified atom stereocenters. The van der Waals surface area contributed by atoms with Gasteiger partial charge in [-0.25, -0.2) is 4.98 Å². The van der Waals surface area contributed by atoms with Gasteiger partial charge in [-0.2, -0.15) is 0 Å². The summed E-state index contributed by atoms with van der Waals surface area (Å²) >= 11 is 3.33. The number of amides is 1. The smallest absolute Gasteiger partial charge is 0.251 e. The van der Waals surface area contributed by atoms with Gasteiger partial charge in [0.15, 0.2) is 0 Å². The molecule has 0 saturated heterocycles. The van der Waals surface area contributed by atoms with Crippen LogP contribution < -0.4 is 5.32 Å². The fraction of sp³-hybridized carbons (Fsp3) is 0.154. The highest BCUT2D eigenvalue weighted by atomic mass is 79.9. The van der Waals surface area contributed by atoms with E-state index in [1.165, 1.54) is 0 Å². The van der Waals surface area contributed by atoms with Crippen LogP contribution in [-0.4, -0.2) is 15.9 Å². The van der Waals surface area contributed by atoms with Crippen molar-refractivity contribution in [2.75, 3.05) is 0 Å². The lowest BCUT2D eigenvalue weighted by atomic mass is 10.2. The average Bonchev–Trinajstić information content (AvgIpc) is 2.36. The molecule has 1 N–H and O–H groups in total. The molecule has 0 saturated carbocycles. The molecule has 0 atom stereocenters. The second kappa shape index (κ2) is 5.73. The summed E-state index contributed by atoms with van der Waals surface area (Å²) in [6.45, 7) is 2.39. The average molecular weight is 306 g/mol. The first-order chi connectivity index (χ1) is 8.65. The highest BCUT2D eigenvalue weighted by molar-refractivity contribution is 9.10. The topological polar surface area (TPSA) is 54.9 Å². The Kier molecular flexibility index (Phi) is 4.04. The molecule has 0 aromatic carbocycles. The van der Waals surface area contributed by atoms with E-state index in [0.717, 1.165) is 15.9 Å². The van der Waals surface area contributed by atoms with Crippen molar-refractivity contribution in [1.29, 1.82) is 0 Å². The molecule has 2 aromatic rings. The van der Waals surface area contributed by atoms with E-state index in [0.29, 0.717) is 12.1 Å². The zero-order chi connectivity index (χ0) is 13.0. The third-order valence-corrected chi connectivity index (χ3v) is 2.78. The number of rotatable bonds is 3. The van der Waals surface area contributed by atoms with E-state index < -0.39 is 0 Å². The molecule has 0 aliphatic rings. The molecule has 2 heterocycles. The Hall–Kier alpha value is -1.75. The van der Waals surface area contributed by atoms with Crippen LogP contribution >= 0.6 is 15.9 Å². The summed E-state index contributed by atoms with van der Waals surface area (Å²) in [5.74, 6) is -0.108. The highest BCUT2D eigenvalue weighted by Crippen LogP contribution is 2.11. The van der Waals surface area contributed by atoms with Crippen molar-refractivity contribution in [3.05, 3.63) is 58.1 Å². The molecule has 0 radical (unpaired) electrons. The first-order valence-electron chi connectivity index (χ1n) is 5.46. The SMILES string of the molecule is Cc1cc(CNC(=O)c2ccncc2)cc(Br)n1. The Morgan fingerprint density at radius 1 is 1.33 bits per heavy atom. The van der Waals surface area contributed by atoms with Crippen LogP contribution in [0.5, 0.6) is 0 Å². The zero-order valence-corrected chi connectivity index (χ0v) is 11.4. The van der Waals surface area contributed by atoms with Crippen LogP contribution in [0.4, 0.5) is 0 Å². The van der Waals surface area contributed by atoms with Gasteiger partial charge in [0.25, 0.3) is 5.91 Å². The Labute approximate surface area is 114 Å². The van der Waals surface area contributed by atoms with Gasteiger partial charge < -0.3 is 5.32 Å². The van der Waals surface area contributed by atoms with Crippen LogP contribution in [0.15, 0.2) is 41.3 Å². The molecule has 1 amide bonds. The number of carbonyl (C=O) groups excluding carboxylic acids is 1. The summed E-state index contributed by atoms with van der Waals surface area (Å²) < 4.78 is 0.774. The lowest BCUT2D eigenvalue weighted by Crippen LogP contribution is -2.22. The van der Waals surface area contributed by atoms with Gasteiger partial charge in [-0.15, -0.1) is 0 Å². The standard InChI is InChI=1S/C13H12BrN3O/c1-9-6-10(7-12(14)17-9)8-16-13(18)11-2-4-15-5-3-11/h2-7H,8H2,1H3,(H,16,18). The van der Waals surface area contributed by atoms with Crippen molar-refractivity contribution >= 4 is 21.8 Å². The maximum absolute atomic E-state index is 11.8. The minimum atomic E-state index is -0.108. The Morgan fingerprint density at radius 2 is 2.06 bits per heavy atom. The van der Waals surface area contributed by atoms with E-state index in [4.69, 9.17) is 0 Å². The number of hydrogen-bond acceptors (Lipinski definition) is 3. The summed E-state index contributed by atoms with van der Waals surface area (Å²) in [6.07, 6.45) is 3.20. The molecule has 4 nitrogen and oxygen atoms in total. The van der Waals surface area contributed by atoms with Crippen molar-refractivity contribution in [2.24, 2.45) is 0 Å². The van der Waals surface area contributed by atoms with Crippen molar-refractivity contribution < 1.29 is 4.79 Å². The second-order valence-corrected chi connectivity index (χ2v) is 4.67. The molecule has 0 bridgehead atoms. The summed E-state index contributed by atoms with van der Waals surface area (Å²) in [5.41, 5.74) is 2.53. The van der Waals surface area contributed by atoms with Crippen LogP contribution in [0.3, 0.4) is 0 Å². The van der Waals surface area contributed by atoms with Crippen molar-refractivity contribution in [1.82, 2.24) is 15.3 Å². The zero-order valence-electron chi connectivity index (χ0n) is 9.85. The van der Waals surface area contributed by atoms with Crippen molar-refractivity contribution in [2.45, 2.75) is 13.5 Å². The molecule has 0 fully saturated rings. The number of aromatic nitrogens is 2. The van der Waals surface area contributed by atoms with E-state index in [1.807, 2.05) is 19.1 Å². The van der Waals surface area contributed by atoms with Gasteiger partial charge in [-0.1, -0.05) is 0 Å². The van der Waals surface area contributed by atoms with Crippen molar-refractivity contribution in [3.63, 3.8) is 0 Å².